The average molecular weight is 276 g/mol. The third-order valence-electron chi connectivity index (χ3n) is 3.79. The van der Waals surface area contributed by atoms with Crippen LogP contribution in [0, 0.1) is 0 Å². The largest absolute Gasteiger partial charge is 0.367 e. The van der Waals surface area contributed by atoms with Crippen molar-refractivity contribution in [1.29, 1.82) is 0 Å². The van der Waals surface area contributed by atoms with Gasteiger partial charge in [-0.25, -0.2) is 0 Å². The smallest absolute Gasteiger partial charge is 0.0761 e. The molecule has 1 unspecified atom stereocenters. The van der Waals surface area contributed by atoms with Crippen molar-refractivity contribution in [2.45, 2.75) is 51.4 Å². The van der Waals surface area contributed by atoms with Crippen LogP contribution in [0.25, 0.3) is 0 Å². The van der Waals surface area contributed by atoms with Crippen LogP contribution in [0.15, 0.2) is 30.3 Å². The standard InChI is InChI=1S/C17H28N2O/c1-16(2)12-19(13-17(3,4)20-16)15(10-11-18)14-8-6-5-7-9-14/h5-9,15H,10-13,18H2,1-4H3. The predicted octanol–water partition coefficient (Wildman–Crippen LogP) is 2.97. The fourth-order valence-electron chi connectivity index (χ4n) is 3.46. The summed E-state index contributed by atoms with van der Waals surface area (Å²) in [6.07, 6.45) is 0.982. The van der Waals surface area contributed by atoms with Gasteiger partial charge in [0.05, 0.1) is 11.2 Å². The SMILES string of the molecule is CC1(C)CN(C(CCN)c2ccccc2)CC(C)(C)O1. The Kier molecular flexibility index (Phi) is 4.52. The minimum atomic E-state index is -0.122. The fourth-order valence-corrected chi connectivity index (χ4v) is 3.46. The van der Waals surface area contributed by atoms with E-state index in [0.29, 0.717) is 12.6 Å². The molecule has 1 aliphatic rings. The highest BCUT2D eigenvalue weighted by molar-refractivity contribution is 5.19. The molecule has 2 N–H and O–H groups in total. The van der Waals surface area contributed by atoms with Gasteiger partial charge in [-0.2, -0.15) is 0 Å². The maximum absolute atomic E-state index is 6.18. The van der Waals surface area contributed by atoms with Crippen LogP contribution in [0.1, 0.15) is 45.7 Å². The van der Waals surface area contributed by atoms with E-state index >= 15 is 0 Å². The minimum absolute atomic E-state index is 0.122. The summed E-state index contributed by atoms with van der Waals surface area (Å²) in [5.41, 5.74) is 6.96. The Balaban J connectivity index is 2.25. The maximum atomic E-state index is 6.18. The van der Waals surface area contributed by atoms with Gasteiger partial charge in [0.15, 0.2) is 0 Å². The molecule has 112 valence electrons. The van der Waals surface area contributed by atoms with Crippen LogP contribution in [0.3, 0.4) is 0 Å². The molecule has 1 aromatic rings. The molecule has 1 aromatic carbocycles. The molecule has 0 aliphatic carbocycles. The van der Waals surface area contributed by atoms with Crippen LogP contribution in [0.5, 0.6) is 0 Å². The van der Waals surface area contributed by atoms with Crippen molar-refractivity contribution in [3.63, 3.8) is 0 Å². The highest BCUT2D eigenvalue weighted by atomic mass is 16.5. The van der Waals surface area contributed by atoms with Gasteiger partial charge in [0.2, 0.25) is 0 Å². The molecule has 0 radical (unpaired) electrons. The first-order valence-corrected chi connectivity index (χ1v) is 7.52. The lowest BCUT2D eigenvalue weighted by Gasteiger charge is -2.49. The molecule has 0 bridgehead atoms. The van der Waals surface area contributed by atoms with Gasteiger partial charge in [0, 0.05) is 19.1 Å². The van der Waals surface area contributed by atoms with Gasteiger partial charge < -0.3 is 10.5 Å². The number of hydrogen-bond donors (Lipinski definition) is 1. The monoisotopic (exact) mass is 276 g/mol. The second-order valence-corrected chi connectivity index (χ2v) is 7.03. The Labute approximate surface area is 123 Å². The molecule has 3 nitrogen and oxygen atoms in total. The van der Waals surface area contributed by atoms with Crippen LogP contribution in [-0.4, -0.2) is 35.7 Å². The molecular weight excluding hydrogens is 248 g/mol. The van der Waals surface area contributed by atoms with Crippen molar-refractivity contribution >= 4 is 0 Å². The summed E-state index contributed by atoms with van der Waals surface area (Å²) in [5.74, 6) is 0. The van der Waals surface area contributed by atoms with E-state index in [0.717, 1.165) is 19.5 Å². The quantitative estimate of drug-likeness (QED) is 0.919. The van der Waals surface area contributed by atoms with Gasteiger partial charge in [-0.15, -0.1) is 0 Å². The first kappa shape index (κ1) is 15.5. The normalized spacial score (nSPS) is 23.4. The second-order valence-electron chi connectivity index (χ2n) is 7.03. The number of morpholine rings is 1. The van der Waals surface area contributed by atoms with Gasteiger partial charge in [-0.05, 0) is 46.2 Å². The van der Waals surface area contributed by atoms with Gasteiger partial charge in [0.1, 0.15) is 0 Å². The van der Waals surface area contributed by atoms with Crippen molar-refractivity contribution < 1.29 is 4.74 Å². The van der Waals surface area contributed by atoms with E-state index in [1.807, 2.05) is 0 Å². The molecule has 2 rings (SSSR count). The van der Waals surface area contributed by atoms with Gasteiger partial charge in [-0.3, -0.25) is 4.90 Å². The van der Waals surface area contributed by atoms with Crippen molar-refractivity contribution in [2.75, 3.05) is 19.6 Å². The molecule has 1 heterocycles. The number of nitrogens with two attached hydrogens (primary N) is 1. The zero-order valence-electron chi connectivity index (χ0n) is 13.2. The first-order valence-electron chi connectivity index (χ1n) is 7.52. The second kappa shape index (κ2) is 5.84. The predicted molar refractivity (Wildman–Crippen MR) is 83.7 cm³/mol. The Hall–Kier alpha value is -0.900. The summed E-state index contributed by atoms with van der Waals surface area (Å²) in [7, 11) is 0. The summed E-state index contributed by atoms with van der Waals surface area (Å²) in [6, 6.07) is 11.1. The van der Waals surface area contributed by atoms with Crippen molar-refractivity contribution in [1.82, 2.24) is 4.90 Å². The lowest BCUT2D eigenvalue weighted by Crippen LogP contribution is -2.58. The summed E-state index contributed by atoms with van der Waals surface area (Å²) in [6.45, 7) is 11.3. The van der Waals surface area contributed by atoms with E-state index < -0.39 is 0 Å². The van der Waals surface area contributed by atoms with E-state index in [-0.39, 0.29) is 11.2 Å². The molecule has 0 aromatic heterocycles. The van der Waals surface area contributed by atoms with E-state index in [2.05, 4.69) is 62.9 Å². The highest BCUT2D eigenvalue weighted by Gasteiger charge is 2.40. The molecular formula is C17H28N2O. The summed E-state index contributed by atoms with van der Waals surface area (Å²) < 4.78 is 6.18. The Bertz CT molecular complexity index is 412. The lowest BCUT2D eigenvalue weighted by molar-refractivity contribution is -0.188. The average Bonchev–Trinajstić information content (AvgIpc) is 2.33. The third kappa shape index (κ3) is 3.81. The zero-order valence-corrected chi connectivity index (χ0v) is 13.2. The summed E-state index contributed by atoms with van der Waals surface area (Å²) >= 11 is 0. The van der Waals surface area contributed by atoms with Gasteiger partial charge in [-0.1, -0.05) is 30.3 Å². The van der Waals surface area contributed by atoms with Crippen LogP contribution < -0.4 is 5.73 Å². The lowest BCUT2D eigenvalue weighted by atomic mass is 9.93. The number of nitrogens with zero attached hydrogens (tertiary/aromatic N) is 1. The topological polar surface area (TPSA) is 38.5 Å². The van der Waals surface area contributed by atoms with E-state index in [9.17, 15) is 0 Å². The van der Waals surface area contributed by atoms with Crippen LogP contribution in [0.2, 0.25) is 0 Å². The first-order chi connectivity index (χ1) is 9.33. The number of benzene rings is 1. The maximum Gasteiger partial charge on any atom is 0.0761 e. The van der Waals surface area contributed by atoms with Crippen molar-refractivity contribution in [3.05, 3.63) is 35.9 Å². The highest BCUT2D eigenvalue weighted by Crippen LogP contribution is 2.34. The molecule has 1 saturated heterocycles. The summed E-state index contributed by atoms with van der Waals surface area (Å²) in [4.78, 5) is 2.53. The molecule has 1 atom stereocenters. The molecule has 3 heteroatoms. The molecule has 0 saturated carbocycles. The fraction of sp³-hybridized carbons (Fsp3) is 0.647. The molecule has 0 spiro atoms. The third-order valence-corrected chi connectivity index (χ3v) is 3.79. The Morgan fingerprint density at radius 2 is 1.65 bits per heavy atom. The van der Waals surface area contributed by atoms with Crippen LogP contribution in [-0.2, 0) is 4.74 Å². The van der Waals surface area contributed by atoms with Crippen LogP contribution >= 0.6 is 0 Å². The Morgan fingerprint density at radius 3 is 2.15 bits per heavy atom. The number of rotatable bonds is 4. The molecule has 1 fully saturated rings. The van der Waals surface area contributed by atoms with Crippen LogP contribution in [0.4, 0.5) is 0 Å². The van der Waals surface area contributed by atoms with Crippen molar-refractivity contribution in [2.24, 2.45) is 5.73 Å². The molecule has 20 heavy (non-hydrogen) atoms. The zero-order chi connectivity index (χ0) is 14.8. The Morgan fingerprint density at radius 1 is 1.10 bits per heavy atom. The number of ether oxygens (including phenoxy) is 1. The van der Waals surface area contributed by atoms with E-state index in [4.69, 9.17) is 10.5 Å². The summed E-state index contributed by atoms with van der Waals surface area (Å²) in [5, 5.41) is 0. The molecule has 1 aliphatic heterocycles. The van der Waals surface area contributed by atoms with Gasteiger partial charge >= 0.3 is 0 Å². The molecule has 0 amide bonds. The van der Waals surface area contributed by atoms with E-state index in [1.54, 1.807) is 0 Å². The number of hydrogen-bond acceptors (Lipinski definition) is 3. The van der Waals surface area contributed by atoms with Crippen molar-refractivity contribution in [3.8, 4) is 0 Å². The van der Waals surface area contributed by atoms with Gasteiger partial charge in [0.25, 0.3) is 0 Å². The van der Waals surface area contributed by atoms with E-state index in [1.165, 1.54) is 5.56 Å². The minimum Gasteiger partial charge on any atom is -0.367 e.